The molecule has 0 aromatic carbocycles. The Balaban J connectivity index is 2.90. The summed E-state index contributed by atoms with van der Waals surface area (Å²) in [5.41, 5.74) is 0.313. The van der Waals surface area contributed by atoms with E-state index in [0.29, 0.717) is 23.8 Å². The number of rotatable bonds is 6. The van der Waals surface area contributed by atoms with Crippen molar-refractivity contribution in [3.8, 4) is 0 Å². The molecule has 7 heteroatoms. The molecule has 0 aliphatic carbocycles. The summed E-state index contributed by atoms with van der Waals surface area (Å²) >= 11 is 0. The number of aromatic nitrogens is 2. The van der Waals surface area contributed by atoms with Crippen LogP contribution < -0.4 is 5.32 Å². The summed E-state index contributed by atoms with van der Waals surface area (Å²) in [6.45, 7) is 4.22. The molecule has 1 heterocycles. The van der Waals surface area contributed by atoms with E-state index >= 15 is 0 Å². The fraction of sp³-hybridized carbons (Fsp3) is 0.545. The van der Waals surface area contributed by atoms with Crippen LogP contribution in [0.15, 0.2) is 6.20 Å². The van der Waals surface area contributed by atoms with Crippen molar-refractivity contribution in [1.29, 1.82) is 0 Å². The van der Waals surface area contributed by atoms with Crippen LogP contribution in [0.1, 0.15) is 36.1 Å². The van der Waals surface area contributed by atoms with Gasteiger partial charge in [-0.15, -0.1) is 0 Å². The maximum Gasteiger partial charge on any atom is 0.356 e. The Morgan fingerprint density at radius 1 is 1.56 bits per heavy atom. The maximum atomic E-state index is 11.1. The lowest BCUT2D eigenvalue weighted by atomic mass is 10.2. The van der Waals surface area contributed by atoms with Gasteiger partial charge in [-0.25, -0.2) is 14.8 Å². The van der Waals surface area contributed by atoms with Gasteiger partial charge in [0.2, 0.25) is 0 Å². The molecule has 0 spiro atoms. The van der Waals surface area contributed by atoms with Crippen molar-refractivity contribution in [2.75, 3.05) is 23.9 Å². The average Bonchev–Trinajstić information content (AvgIpc) is 2.28. The summed E-state index contributed by atoms with van der Waals surface area (Å²) in [6.07, 6.45) is 3.06. The lowest BCUT2D eigenvalue weighted by Gasteiger charge is -2.10. The highest BCUT2D eigenvalue weighted by molar-refractivity contribution is 7.84. The molecule has 0 aliphatic rings. The van der Waals surface area contributed by atoms with Gasteiger partial charge in [-0.05, 0) is 0 Å². The van der Waals surface area contributed by atoms with E-state index in [1.54, 1.807) is 6.26 Å². The second-order valence-corrected chi connectivity index (χ2v) is 5.71. The van der Waals surface area contributed by atoms with Gasteiger partial charge in [-0.1, -0.05) is 13.8 Å². The zero-order valence-electron chi connectivity index (χ0n) is 10.6. The lowest BCUT2D eigenvalue weighted by Crippen LogP contribution is -2.15. The summed E-state index contributed by atoms with van der Waals surface area (Å²) in [5, 5.41) is 12.0. The highest BCUT2D eigenvalue weighted by atomic mass is 32.2. The first-order valence-electron chi connectivity index (χ1n) is 5.56. The fourth-order valence-electron chi connectivity index (χ4n) is 1.30. The van der Waals surface area contributed by atoms with Crippen molar-refractivity contribution < 1.29 is 14.1 Å². The van der Waals surface area contributed by atoms with E-state index in [4.69, 9.17) is 5.11 Å². The van der Waals surface area contributed by atoms with Gasteiger partial charge >= 0.3 is 5.97 Å². The summed E-state index contributed by atoms with van der Waals surface area (Å²) in [4.78, 5) is 19.2. The molecular weight excluding hydrogens is 254 g/mol. The molecular formula is C11H17N3O3S. The molecule has 0 bridgehead atoms. The molecule has 0 saturated carbocycles. The van der Waals surface area contributed by atoms with E-state index in [1.165, 1.54) is 6.20 Å². The number of carboxylic acids is 1. The van der Waals surface area contributed by atoms with Crippen LogP contribution in [0, 0.1) is 0 Å². The van der Waals surface area contributed by atoms with Crippen LogP contribution in [-0.2, 0) is 10.8 Å². The third-order valence-electron chi connectivity index (χ3n) is 2.23. The standard InChI is InChI=1S/C11H17N3O3S/c1-7(2)10-13-6-8(9(14-10)11(15)16)12-4-5-18(3)17/h6-7,12H,4-5H2,1-3H3,(H,15,16). The minimum absolute atomic E-state index is 0.0458. The van der Waals surface area contributed by atoms with E-state index in [1.807, 2.05) is 13.8 Å². The molecule has 0 radical (unpaired) electrons. The maximum absolute atomic E-state index is 11.1. The van der Waals surface area contributed by atoms with Crippen molar-refractivity contribution in [2.45, 2.75) is 19.8 Å². The van der Waals surface area contributed by atoms with Crippen LogP contribution >= 0.6 is 0 Å². The molecule has 6 nitrogen and oxygen atoms in total. The molecule has 2 N–H and O–H groups in total. The van der Waals surface area contributed by atoms with Gasteiger partial charge in [0.15, 0.2) is 5.69 Å². The number of hydrogen-bond donors (Lipinski definition) is 2. The molecule has 18 heavy (non-hydrogen) atoms. The number of nitrogens with one attached hydrogen (secondary N) is 1. The second kappa shape index (κ2) is 6.44. The van der Waals surface area contributed by atoms with E-state index in [2.05, 4.69) is 15.3 Å². The minimum Gasteiger partial charge on any atom is -0.476 e. The largest absolute Gasteiger partial charge is 0.476 e. The van der Waals surface area contributed by atoms with Gasteiger partial charge < -0.3 is 10.4 Å². The van der Waals surface area contributed by atoms with E-state index < -0.39 is 16.8 Å². The molecule has 0 aliphatic heterocycles. The first-order valence-corrected chi connectivity index (χ1v) is 7.28. The number of hydrogen-bond acceptors (Lipinski definition) is 5. The van der Waals surface area contributed by atoms with Gasteiger partial charge in [0.05, 0.1) is 11.9 Å². The molecule has 0 amide bonds. The molecule has 1 rings (SSSR count). The van der Waals surface area contributed by atoms with Crippen LogP contribution in [0.5, 0.6) is 0 Å². The quantitative estimate of drug-likeness (QED) is 0.804. The Hall–Kier alpha value is -1.50. The lowest BCUT2D eigenvalue weighted by molar-refractivity contribution is 0.0691. The van der Waals surface area contributed by atoms with Gasteiger partial charge in [0.1, 0.15) is 5.82 Å². The summed E-state index contributed by atoms with van der Waals surface area (Å²) in [7, 11) is -0.919. The Morgan fingerprint density at radius 3 is 2.72 bits per heavy atom. The number of carbonyl (C=O) groups is 1. The van der Waals surface area contributed by atoms with Crippen LogP contribution in [0.2, 0.25) is 0 Å². The molecule has 100 valence electrons. The Bertz CT molecular complexity index is 463. The van der Waals surface area contributed by atoms with Crippen molar-refractivity contribution in [3.63, 3.8) is 0 Å². The zero-order chi connectivity index (χ0) is 13.7. The molecule has 1 aromatic rings. The van der Waals surface area contributed by atoms with Crippen LogP contribution in [0.25, 0.3) is 0 Å². The highest BCUT2D eigenvalue weighted by Crippen LogP contribution is 2.16. The van der Waals surface area contributed by atoms with Crippen LogP contribution in [0.4, 0.5) is 5.69 Å². The molecule has 1 aromatic heterocycles. The normalized spacial score (nSPS) is 12.4. The smallest absolute Gasteiger partial charge is 0.356 e. The SMILES string of the molecule is CC(C)c1ncc(NCCS(C)=O)c(C(=O)O)n1. The van der Waals surface area contributed by atoms with Gasteiger partial charge in [0.25, 0.3) is 0 Å². The van der Waals surface area contributed by atoms with Gasteiger partial charge in [0, 0.05) is 35.3 Å². The Kier molecular flexibility index (Phi) is 5.21. The molecule has 0 fully saturated rings. The molecule has 0 saturated heterocycles. The Morgan fingerprint density at radius 2 is 2.22 bits per heavy atom. The van der Waals surface area contributed by atoms with Gasteiger partial charge in [-0.2, -0.15) is 0 Å². The third-order valence-corrected chi connectivity index (χ3v) is 3.01. The van der Waals surface area contributed by atoms with Crippen LogP contribution in [-0.4, -0.2) is 43.8 Å². The van der Waals surface area contributed by atoms with Gasteiger partial charge in [-0.3, -0.25) is 4.21 Å². The van der Waals surface area contributed by atoms with Crippen molar-refractivity contribution >= 4 is 22.5 Å². The van der Waals surface area contributed by atoms with E-state index in [-0.39, 0.29) is 11.6 Å². The summed E-state index contributed by atoms with van der Waals surface area (Å²) in [6, 6.07) is 0. The third kappa shape index (κ3) is 4.06. The second-order valence-electron chi connectivity index (χ2n) is 4.15. The van der Waals surface area contributed by atoms with Crippen molar-refractivity contribution in [3.05, 3.63) is 17.7 Å². The average molecular weight is 271 g/mol. The fourth-order valence-corrected chi connectivity index (χ4v) is 1.68. The number of nitrogens with zero attached hydrogens (tertiary/aromatic N) is 2. The monoisotopic (exact) mass is 271 g/mol. The molecule has 1 atom stereocenters. The van der Waals surface area contributed by atoms with E-state index in [9.17, 15) is 9.00 Å². The summed E-state index contributed by atoms with van der Waals surface area (Å²) < 4.78 is 10.9. The Labute approximate surface area is 108 Å². The minimum atomic E-state index is -1.10. The first-order chi connectivity index (χ1) is 8.41. The predicted molar refractivity (Wildman–Crippen MR) is 70.5 cm³/mol. The number of carboxylic acid groups (broad SMARTS) is 1. The topological polar surface area (TPSA) is 92.2 Å². The predicted octanol–water partition coefficient (Wildman–Crippen LogP) is 1.09. The first kappa shape index (κ1) is 14.6. The number of aromatic carboxylic acids is 1. The van der Waals surface area contributed by atoms with E-state index in [0.717, 1.165) is 0 Å². The molecule has 1 unspecified atom stereocenters. The summed E-state index contributed by atoms with van der Waals surface area (Å²) in [5.74, 6) is -0.0814. The van der Waals surface area contributed by atoms with Crippen molar-refractivity contribution in [1.82, 2.24) is 9.97 Å². The number of anilines is 1. The zero-order valence-corrected chi connectivity index (χ0v) is 11.5. The van der Waals surface area contributed by atoms with Crippen molar-refractivity contribution in [2.24, 2.45) is 0 Å². The highest BCUT2D eigenvalue weighted by Gasteiger charge is 2.15. The van der Waals surface area contributed by atoms with Crippen LogP contribution in [0.3, 0.4) is 0 Å².